The van der Waals surface area contributed by atoms with E-state index in [1.165, 1.54) is 25.4 Å². The minimum Gasteiger partial charge on any atom is -0.870 e. The van der Waals surface area contributed by atoms with Crippen LogP contribution < -0.4 is 98.7 Å². The number of rotatable bonds is 37. The standard InChI is InChI=1S/C23H33N5O3S.C23H33N5OS.C23H34N4O5S.CH4.K.H2O/c1-6-7-8-19(11-12-32(5,29)30)27-22-20(16(2)26-23(24)28-22)14-18-13-17(15-25-3)9-10-21(18)31-4;1-6-7-8-19(11-12-30-5)27-22-20(16(2)26-23(24)28-22)14-18-13-17(15-25-3)9-10-21(18)29-4;1-5-6-7-18(10-11-33(4,30)31)26-22-19(15(2)25-23(24)27-22)14-17-12-16(13-21(28)29)8-9-20(17)32-3;;;/h9-10,13,19H,6-8,11-12,14-15H2,1-2,4-5H3,(H3,24,26,27,28);9-10,13,19H,6-8,11-12,14-15H2,1-2,4-5H3,(H3,24,26,27,28);8-9,12,18H,5-7,10-11,13-14H2,1-4H3,(H,28,29)(H3,24,25,26,27);1H4;;1H2/q;;;;+1;/p-1/t2*19-;18-;;;/m000.../s1. The number of methoxy groups -OCH3 is 3. The van der Waals surface area contributed by atoms with Gasteiger partial charge in [0.1, 0.15) is 54.4 Å². The fourth-order valence-electron chi connectivity index (χ4n) is 10.8. The van der Waals surface area contributed by atoms with Crippen molar-refractivity contribution in [1.82, 2.24) is 29.9 Å². The van der Waals surface area contributed by atoms with Crippen LogP contribution in [0.3, 0.4) is 0 Å². The van der Waals surface area contributed by atoms with E-state index in [1.807, 2.05) is 75.0 Å². The van der Waals surface area contributed by atoms with Crippen LogP contribution in [0.25, 0.3) is 9.69 Å². The maximum absolute atomic E-state index is 11.7. The summed E-state index contributed by atoms with van der Waals surface area (Å²) in [6.07, 6.45) is 17.1. The van der Waals surface area contributed by atoms with Crippen molar-refractivity contribution in [3.63, 3.8) is 0 Å². The van der Waals surface area contributed by atoms with Crippen LogP contribution in [-0.2, 0) is 63.2 Å². The molecule has 0 unspecified atom stereocenters. The molecule has 534 valence electrons. The maximum atomic E-state index is 11.7. The quantitative estimate of drug-likeness (QED) is 0.0141. The SMILES string of the molecule is C.CCCC[C@@H](CCS(C)(=O)=O)Nc1nc(N)nc(C)c1Cc1cc(CC(=O)O)ccc1OC.[C-]#[N+]Cc1ccc(OC)c(Cc2c(C)nc(N)nc2N[C@@H](CCCC)CCS(C)(=O)=O)c1.[C-]#[N+]Cc1ccc(OC)c(Cc2c(C)nc(N)nc2N[C@@H](CCCC)CCSC)c1.[K+].[OH-]. The number of ether oxygens (including phenoxy) is 3. The van der Waals surface area contributed by atoms with Gasteiger partial charge in [0.25, 0.3) is 0 Å². The molecule has 28 heteroatoms. The van der Waals surface area contributed by atoms with Gasteiger partial charge in [-0.05, 0) is 136 Å². The molecule has 0 saturated heterocycles. The van der Waals surface area contributed by atoms with E-state index in [2.05, 4.69) is 82.6 Å². The van der Waals surface area contributed by atoms with Crippen LogP contribution in [0.2, 0.25) is 0 Å². The molecule has 0 spiro atoms. The first-order valence-electron chi connectivity index (χ1n) is 32.1. The zero-order valence-electron chi connectivity index (χ0n) is 59.0. The van der Waals surface area contributed by atoms with Crippen LogP contribution in [-0.4, -0.2) is 139 Å². The summed E-state index contributed by atoms with van der Waals surface area (Å²) in [5.74, 6) is 5.08. The van der Waals surface area contributed by atoms with Gasteiger partial charge in [0, 0.05) is 94.8 Å². The Morgan fingerprint density at radius 3 is 1.13 bits per heavy atom. The molecule has 6 aromatic rings. The van der Waals surface area contributed by atoms with Crippen molar-refractivity contribution in [1.29, 1.82) is 0 Å². The molecule has 0 aliphatic heterocycles. The fraction of sp³-hybridized carbons (Fsp3) is 0.529. The molecule has 3 aromatic heterocycles. The number of benzene rings is 3. The molecule has 0 amide bonds. The minimum absolute atomic E-state index is 0. The van der Waals surface area contributed by atoms with Gasteiger partial charge in [-0.25, -0.2) is 44.9 Å². The largest absolute Gasteiger partial charge is 1.00 e. The predicted octanol–water partition coefficient (Wildman–Crippen LogP) is 9.36. The molecular formula is C70H105KN14O10S3. The van der Waals surface area contributed by atoms with E-state index in [0.29, 0.717) is 79.9 Å². The van der Waals surface area contributed by atoms with Crippen molar-refractivity contribution in [2.45, 2.75) is 183 Å². The average Bonchev–Trinajstić information content (AvgIpc) is 0.825. The van der Waals surface area contributed by atoms with Crippen molar-refractivity contribution in [2.75, 3.05) is 90.5 Å². The third kappa shape index (κ3) is 31.7. The number of hydrogen-bond donors (Lipinski definition) is 7. The monoisotopic (exact) mass is 1440 g/mol. The molecule has 3 heterocycles. The Hall–Kier alpha value is -6.60. The van der Waals surface area contributed by atoms with E-state index in [9.17, 15) is 21.6 Å². The Morgan fingerprint density at radius 2 is 0.857 bits per heavy atom. The predicted molar refractivity (Wildman–Crippen MR) is 394 cm³/mol. The van der Waals surface area contributed by atoms with Gasteiger partial charge in [0.2, 0.25) is 30.9 Å². The Morgan fingerprint density at radius 1 is 0.551 bits per heavy atom. The summed E-state index contributed by atoms with van der Waals surface area (Å²) in [7, 11) is -1.32. The van der Waals surface area contributed by atoms with Crippen molar-refractivity contribution in [3.05, 3.63) is 145 Å². The maximum Gasteiger partial charge on any atom is 1.00 e. The third-order valence-electron chi connectivity index (χ3n) is 15.8. The molecule has 0 aliphatic rings. The van der Waals surface area contributed by atoms with Crippen LogP contribution in [0.15, 0.2) is 54.6 Å². The van der Waals surface area contributed by atoms with Gasteiger partial charge in [-0.3, -0.25) is 4.79 Å². The van der Waals surface area contributed by atoms with E-state index in [0.717, 1.165) is 130 Å². The van der Waals surface area contributed by atoms with Gasteiger partial charge < -0.3 is 67.6 Å². The van der Waals surface area contributed by atoms with Crippen LogP contribution in [0.4, 0.5) is 35.3 Å². The number of carboxylic acids is 1. The van der Waals surface area contributed by atoms with E-state index < -0.39 is 25.6 Å². The van der Waals surface area contributed by atoms with Crippen LogP contribution in [0.1, 0.15) is 172 Å². The van der Waals surface area contributed by atoms with E-state index in [4.69, 9.17) is 49.7 Å². The molecule has 24 nitrogen and oxygen atoms in total. The van der Waals surface area contributed by atoms with Crippen LogP contribution in [0.5, 0.6) is 17.2 Å². The van der Waals surface area contributed by atoms with E-state index in [-0.39, 0.29) is 112 Å². The molecule has 3 atom stereocenters. The summed E-state index contributed by atoms with van der Waals surface area (Å²) in [5.41, 5.74) is 28.2. The number of nitrogens with two attached hydrogens (primary N) is 3. The third-order valence-corrected chi connectivity index (χ3v) is 18.4. The first-order valence-corrected chi connectivity index (χ1v) is 37.6. The van der Waals surface area contributed by atoms with Crippen LogP contribution in [0, 0.1) is 33.9 Å². The van der Waals surface area contributed by atoms with Gasteiger partial charge >= 0.3 is 57.4 Å². The second-order valence-corrected chi connectivity index (χ2v) is 29.2. The summed E-state index contributed by atoms with van der Waals surface area (Å²) < 4.78 is 63.5. The van der Waals surface area contributed by atoms with Crippen molar-refractivity contribution >= 4 is 72.7 Å². The molecule has 0 saturated carbocycles. The van der Waals surface area contributed by atoms with E-state index >= 15 is 0 Å². The Labute approximate surface area is 630 Å². The zero-order chi connectivity index (χ0) is 70.3. The molecule has 98 heavy (non-hydrogen) atoms. The Kier molecular flexibility index (Phi) is 41.9. The Bertz CT molecular complexity index is 3770. The second kappa shape index (κ2) is 45.9. The molecule has 11 N–H and O–H groups in total. The molecular weight excluding hydrogens is 1330 g/mol. The second-order valence-electron chi connectivity index (χ2n) is 23.7. The van der Waals surface area contributed by atoms with Crippen molar-refractivity contribution in [2.24, 2.45) is 0 Å². The number of aliphatic carboxylic acids is 1. The topological polar surface area (TPSA) is 363 Å². The number of thioether (sulfide) groups is 1. The molecule has 0 bridgehead atoms. The van der Waals surface area contributed by atoms with Crippen LogP contribution >= 0.6 is 11.8 Å². The van der Waals surface area contributed by atoms with Crippen molar-refractivity contribution in [3.8, 4) is 17.2 Å². The van der Waals surface area contributed by atoms with Gasteiger partial charge in [-0.2, -0.15) is 26.7 Å². The van der Waals surface area contributed by atoms with Crippen molar-refractivity contribution < 1.29 is 97.8 Å². The number of nitrogen functional groups attached to an aromatic ring is 3. The number of nitrogens with one attached hydrogen (secondary N) is 3. The zero-order valence-corrected chi connectivity index (χ0v) is 64.5. The number of sulfone groups is 2. The summed E-state index contributed by atoms with van der Waals surface area (Å²) in [5, 5.41) is 19.7. The summed E-state index contributed by atoms with van der Waals surface area (Å²) >= 11 is 1.86. The van der Waals surface area contributed by atoms with Gasteiger partial charge in [0.05, 0.1) is 39.3 Å². The minimum atomic E-state index is -3.10. The average molecular weight is 1440 g/mol. The molecule has 0 aliphatic carbocycles. The number of hydrogen-bond acceptors (Lipinski definition) is 22. The number of carboxylic acid groups (broad SMARTS) is 1. The molecule has 6 rings (SSSR count). The number of anilines is 6. The number of aryl methyl sites for hydroxylation is 3. The first kappa shape index (κ1) is 89.4. The summed E-state index contributed by atoms with van der Waals surface area (Å²) in [6.45, 7) is 27.0. The smallest absolute Gasteiger partial charge is 0.870 e. The molecule has 0 fully saturated rings. The van der Waals surface area contributed by atoms with E-state index in [1.54, 1.807) is 33.5 Å². The Balaban J connectivity index is 0.000000725. The number of nitrogens with zero attached hydrogens (tertiary/aromatic N) is 8. The normalized spacial score (nSPS) is 11.7. The molecule has 3 aromatic carbocycles. The first-order chi connectivity index (χ1) is 45.2. The van der Waals surface area contributed by atoms with Gasteiger partial charge in [-0.1, -0.05) is 78.9 Å². The number of unbranched alkanes of at least 4 members (excludes halogenated alkanes) is 3. The summed E-state index contributed by atoms with van der Waals surface area (Å²) in [6, 6.07) is 17.1. The molecule has 0 radical (unpaired) electrons. The fourth-order valence-corrected chi connectivity index (χ4v) is 12.7. The summed E-state index contributed by atoms with van der Waals surface area (Å²) in [4.78, 5) is 44.6. The van der Waals surface area contributed by atoms with Gasteiger partial charge in [-0.15, -0.1) is 0 Å². The van der Waals surface area contributed by atoms with Gasteiger partial charge in [0.15, 0.2) is 0 Å². The number of carbonyl (C=O) groups is 1. The number of aromatic nitrogens is 6.